The Bertz CT molecular complexity index is 528. The van der Waals surface area contributed by atoms with Crippen molar-refractivity contribution in [2.75, 3.05) is 0 Å². The van der Waals surface area contributed by atoms with Crippen LogP contribution in [0, 0.1) is 5.92 Å². The average Bonchev–Trinajstić information content (AvgIpc) is 2.86. The van der Waals surface area contributed by atoms with Crippen molar-refractivity contribution in [2.24, 2.45) is 5.92 Å². The van der Waals surface area contributed by atoms with Crippen molar-refractivity contribution in [3.63, 3.8) is 0 Å². The van der Waals surface area contributed by atoms with Gasteiger partial charge in [0.05, 0.1) is 15.7 Å². The SMILES string of the molecule is c1nc2cc3c(cc2s1)CC1CCCC31. The Kier molecular flexibility index (Phi) is 1.56. The fourth-order valence-corrected chi connectivity index (χ4v) is 4.18. The van der Waals surface area contributed by atoms with Gasteiger partial charge < -0.3 is 0 Å². The highest BCUT2D eigenvalue weighted by atomic mass is 32.1. The number of hydrogen-bond acceptors (Lipinski definition) is 2. The van der Waals surface area contributed by atoms with Gasteiger partial charge in [0.1, 0.15) is 0 Å². The molecule has 1 aromatic carbocycles. The summed E-state index contributed by atoms with van der Waals surface area (Å²) in [6.07, 6.45) is 5.62. The summed E-state index contributed by atoms with van der Waals surface area (Å²) in [5, 5.41) is 0. The minimum atomic E-state index is 0.867. The van der Waals surface area contributed by atoms with E-state index in [1.54, 1.807) is 22.5 Å². The van der Waals surface area contributed by atoms with Crippen LogP contribution in [0.1, 0.15) is 36.3 Å². The van der Waals surface area contributed by atoms with Crippen LogP contribution < -0.4 is 0 Å². The molecule has 2 aliphatic rings. The number of fused-ring (bicyclic) bond motifs is 4. The molecule has 0 aliphatic heterocycles. The van der Waals surface area contributed by atoms with Crippen molar-refractivity contribution in [2.45, 2.75) is 31.6 Å². The van der Waals surface area contributed by atoms with Gasteiger partial charge in [0.15, 0.2) is 0 Å². The Balaban J connectivity index is 1.96. The fraction of sp³-hybridized carbons (Fsp3) is 0.462. The van der Waals surface area contributed by atoms with Gasteiger partial charge in [-0.1, -0.05) is 6.42 Å². The quantitative estimate of drug-likeness (QED) is 0.652. The van der Waals surface area contributed by atoms with Crippen molar-refractivity contribution in [1.29, 1.82) is 0 Å². The molecule has 4 rings (SSSR count). The molecule has 15 heavy (non-hydrogen) atoms. The second-order valence-corrected chi connectivity index (χ2v) is 5.76. The van der Waals surface area contributed by atoms with Crippen LogP contribution in [-0.2, 0) is 6.42 Å². The molecule has 0 radical (unpaired) electrons. The Morgan fingerprint density at radius 3 is 3.27 bits per heavy atom. The largest absolute Gasteiger partial charge is 0.245 e. The van der Waals surface area contributed by atoms with Crippen LogP contribution in [0.5, 0.6) is 0 Å². The molecule has 2 aliphatic carbocycles. The van der Waals surface area contributed by atoms with Gasteiger partial charge in [0.2, 0.25) is 0 Å². The van der Waals surface area contributed by atoms with Gasteiger partial charge >= 0.3 is 0 Å². The van der Waals surface area contributed by atoms with Crippen molar-refractivity contribution >= 4 is 21.6 Å². The molecule has 1 saturated carbocycles. The lowest BCUT2D eigenvalue weighted by atomic mass is 9.96. The van der Waals surface area contributed by atoms with E-state index in [1.165, 1.54) is 35.9 Å². The Morgan fingerprint density at radius 2 is 2.27 bits per heavy atom. The minimum absolute atomic E-state index is 0.867. The first-order valence-corrected chi connectivity index (χ1v) is 6.66. The molecule has 0 spiro atoms. The van der Waals surface area contributed by atoms with E-state index in [9.17, 15) is 0 Å². The van der Waals surface area contributed by atoms with Crippen LogP contribution >= 0.6 is 11.3 Å². The third-order valence-corrected chi connectivity index (χ3v) is 4.92. The predicted octanol–water partition coefficient (Wildman–Crippen LogP) is 3.74. The zero-order valence-electron chi connectivity index (χ0n) is 8.57. The van der Waals surface area contributed by atoms with Gasteiger partial charge in [0.25, 0.3) is 0 Å². The van der Waals surface area contributed by atoms with Crippen LogP contribution in [0.25, 0.3) is 10.2 Å². The minimum Gasteiger partial charge on any atom is -0.245 e. The summed E-state index contributed by atoms with van der Waals surface area (Å²) in [6, 6.07) is 4.75. The molecule has 1 nitrogen and oxygen atoms in total. The highest BCUT2D eigenvalue weighted by Gasteiger charge is 2.36. The number of benzene rings is 1. The van der Waals surface area contributed by atoms with Crippen molar-refractivity contribution in [3.05, 3.63) is 28.8 Å². The topological polar surface area (TPSA) is 12.9 Å². The van der Waals surface area contributed by atoms with E-state index < -0.39 is 0 Å². The summed E-state index contributed by atoms with van der Waals surface area (Å²) in [5.41, 5.74) is 6.41. The highest BCUT2D eigenvalue weighted by molar-refractivity contribution is 7.16. The number of thiazole rings is 1. The van der Waals surface area contributed by atoms with E-state index in [1.807, 2.05) is 5.51 Å². The third-order valence-electron chi connectivity index (χ3n) is 4.13. The van der Waals surface area contributed by atoms with Gasteiger partial charge in [0, 0.05) is 0 Å². The lowest BCUT2D eigenvalue weighted by Crippen LogP contribution is -1.97. The molecule has 76 valence electrons. The molecule has 1 aromatic heterocycles. The lowest BCUT2D eigenvalue weighted by Gasteiger charge is -2.08. The molecule has 0 saturated heterocycles. The van der Waals surface area contributed by atoms with Gasteiger partial charge in [-0.2, -0.15) is 0 Å². The van der Waals surface area contributed by atoms with Crippen LogP contribution in [0.3, 0.4) is 0 Å². The molecular formula is C13H13NS. The zero-order valence-corrected chi connectivity index (χ0v) is 9.39. The summed E-state index contributed by atoms with van der Waals surface area (Å²) in [7, 11) is 0. The smallest absolute Gasteiger partial charge is 0.0815 e. The number of nitrogens with zero attached hydrogens (tertiary/aromatic N) is 1. The number of aromatic nitrogens is 1. The maximum atomic E-state index is 4.43. The molecule has 1 heterocycles. The maximum Gasteiger partial charge on any atom is 0.0815 e. The van der Waals surface area contributed by atoms with Crippen molar-refractivity contribution in [3.8, 4) is 0 Å². The van der Waals surface area contributed by atoms with Crippen LogP contribution in [0.15, 0.2) is 17.6 Å². The first-order chi connectivity index (χ1) is 7.42. The van der Waals surface area contributed by atoms with Gasteiger partial charge in [-0.25, -0.2) is 4.98 Å². The summed E-state index contributed by atoms with van der Waals surface area (Å²) in [4.78, 5) is 4.43. The molecule has 2 aromatic rings. The summed E-state index contributed by atoms with van der Waals surface area (Å²) < 4.78 is 1.37. The zero-order chi connectivity index (χ0) is 9.83. The average molecular weight is 215 g/mol. The maximum absolute atomic E-state index is 4.43. The standard InChI is InChI=1S/C13H13NS/c1-2-8-4-9-5-13-12(14-7-15-13)6-11(9)10(8)3-1/h5-8,10H,1-4H2. The second-order valence-electron chi connectivity index (χ2n) is 4.87. The van der Waals surface area contributed by atoms with Gasteiger partial charge in [-0.05, 0) is 54.4 Å². The van der Waals surface area contributed by atoms with E-state index in [0.717, 1.165) is 11.8 Å². The van der Waals surface area contributed by atoms with E-state index in [-0.39, 0.29) is 0 Å². The van der Waals surface area contributed by atoms with Gasteiger partial charge in [-0.3, -0.25) is 0 Å². The van der Waals surface area contributed by atoms with Crippen LogP contribution in [0.2, 0.25) is 0 Å². The third kappa shape index (κ3) is 1.06. The second kappa shape index (κ2) is 2.82. The van der Waals surface area contributed by atoms with Crippen molar-refractivity contribution < 1.29 is 0 Å². The molecule has 2 unspecified atom stereocenters. The van der Waals surface area contributed by atoms with Crippen LogP contribution in [-0.4, -0.2) is 4.98 Å². The molecular weight excluding hydrogens is 202 g/mol. The summed E-state index contributed by atoms with van der Waals surface area (Å²) >= 11 is 1.77. The molecule has 1 fully saturated rings. The Hall–Kier alpha value is -0.890. The van der Waals surface area contributed by atoms with E-state index >= 15 is 0 Å². The van der Waals surface area contributed by atoms with E-state index in [4.69, 9.17) is 0 Å². The van der Waals surface area contributed by atoms with Crippen LogP contribution in [0.4, 0.5) is 0 Å². The fourth-order valence-electron chi connectivity index (χ4n) is 3.46. The summed E-state index contributed by atoms with van der Waals surface area (Å²) in [6.45, 7) is 0. The molecule has 2 heteroatoms. The monoisotopic (exact) mass is 215 g/mol. The summed E-state index contributed by atoms with van der Waals surface area (Å²) in [5.74, 6) is 1.82. The van der Waals surface area contributed by atoms with Crippen molar-refractivity contribution in [1.82, 2.24) is 4.98 Å². The Morgan fingerprint density at radius 1 is 1.27 bits per heavy atom. The van der Waals surface area contributed by atoms with E-state index in [2.05, 4.69) is 17.1 Å². The predicted molar refractivity (Wildman–Crippen MR) is 63.4 cm³/mol. The van der Waals surface area contributed by atoms with E-state index in [0.29, 0.717) is 0 Å². The molecule has 0 amide bonds. The normalized spacial score (nSPS) is 28.3. The molecule has 2 atom stereocenters. The molecule has 0 N–H and O–H groups in total. The Labute approximate surface area is 93.2 Å². The highest BCUT2D eigenvalue weighted by Crippen LogP contribution is 2.49. The number of rotatable bonds is 0. The first kappa shape index (κ1) is 8.28. The molecule has 0 bridgehead atoms. The lowest BCUT2D eigenvalue weighted by molar-refractivity contribution is 0.527. The number of hydrogen-bond donors (Lipinski definition) is 0. The van der Waals surface area contributed by atoms with Gasteiger partial charge in [-0.15, -0.1) is 11.3 Å². The first-order valence-electron chi connectivity index (χ1n) is 5.78.